The van der Waals surface area contributed by atoms with Gasteiger partial charge < -0.3 is 14.0 Å². The molecule has 1 aromatic carbocycles. The average molecular weight is 560 g/mol. The van der Waals surface area contributed by atoms with Crippen molar-refractivity contribution < 1.29 is 17.9 Å². The quantitative estimate of drug-likeness (QED) is 0.310. The summed E-state index contributed by atoms with van der Waals surface area (Å²) in [5, 5.41) is 7.72. The third-order valence-corrected chi connectivity index (χ3v) is 8.09. The van der Waals surface area contributed by atoms with E-state index in [1.54, 1.807) is 50.4 Å². The Bertz CT molecular complexity index is 1570. The highest BCUT2D eigenvalue weighted by Crippen LogP contribution is 2.36. The van der Waals surface area contributed by atoms with Gasteiger partial charge in [0.25, 0.3) is 5.56 Å². The van der Waals surface area contributed by atoms with Gasteiger partial charge in [0.05, 0.1) is 31.0 Å². The molecule has 0 saturated carbocycles. The molecule has 14 heteroatoms. The molecule has 2 atom stereocenters. The van der Waals surface area contributed by atoms with Crippen molar-refractivity contribution in [1.82, 2.24) is 29.3 Å². The van der Waals surface area contributed by atoms with E-state index in [2.05, 4.69) is 24.9 Å². The van der Waals surface area contributed by atoms with Gasteiger partial charge in [0.15, 0.2) is 5.82 Å². The van der Waals surface area contributed by atoms with E-state index in [1.165, 1.54) is 41.8 Å². The maximum Gasteiger partial charge on any atom is 0.250 e. The molecular weight excluding hydrogens is 534 g/mol. The number of para-hydroxylation sites is 1. The van der Waals surface area contributed by atoms with Crippen molar-refractivity contribution >= 4 is 27.6 Å². The van der Waals surface area contributed by atoms with E-state index in [9.17, 15) is 13.2 Å². The summed E-state index contributed by atoms with van der Waals surface area (Å²) >= 11 is 5.87. The number of hydrogen-bond acceptors (Lipinski definition) is 9. The highest BCUT2D eigenvalue weighted by molar-refractivity contribution is 7.93. The van der Waals surface area contributed by atoms with Crippen LogP contribution in [0.5, 0.6) is 11.5 Å². The van der Waals surface area contributed by atoms with Crippen LogP contribution in [0, 0.1) is 0 Å². The van der Waals surface area contributed by atoms with Gasteiger partial charge in [0.1, 0.15) is 23.0 Å². The minimum Gasteiger partial charge on any atom is -0.494 e. The van der Waals surface area contributed by atoms with Gasteiger partial charge in [-0.1, -0.05) is 30.7 Å². The number of ether oxygens (including phenoxy) is 2. The lowest BCUT2D eigenvalue weighted by atomic mass is 10.1. The van der Waals surface area contributed by atoms with Crippen LogP contribution >= 0.6 is 11.6 Å². The van der Waals surface area contributed by atoms with E-state index in [-0.39, 0.29) is 23.9 Å². The van der Waals surface area contributed by atoms with Gasteiger partial charge in [-0.15, -0.1) is 10.2 Å². The zero-order valence-corrected chi connectivity index (χ0v) is 22.6. The summed E-state index contributed by atoms with van der Waals surface area (Å²) in [6.45, 7) is 3.24. The van der Waals surface area contributed by atoms with Crippen molar-refractivity contribution in [3.05, 3.63) is 82.0 Å². The molecule has 0 fully saturated rings. The Kier molecular flexibility index (Phi) is 7.97. The molecule has 0 spiro atoms. The molecule has 0 bridgehead atoms. The van der Waals surface area contributed by atoms with E-state index in [0.717, 1.165) is 0 Å². The smallest absolute Gasteiger partial charge is 0.250 e. The molecule has 0 radical (unpaired) electrons. The van der Waals surface area contributed by atoms with E-state index in [1.807, 2.05) is 0 Å². The van der Waals surface area contributed by atoms with Crippen LogP contribution in [0.4, 0.5) is 5.95 Å². The summed E-state index contributed by atoms with van der Waals surface area (Å²) in [4.78, 5) is 20.7. The van der Waals surface area contributed by atoms with E-state index in [4.69, 9.17) is 21.1 Å². The predicted molar refractivity (Wildman–Crippen MR) is 142 cm³/mol. The number of sulfonamides is 1. The highest BCUT2D eigenvalue weighted by atomic mass is 35.5. The summed E-state index contributed by atoms with van der Waals surface area (Å²) in [6.07, 6.45) is 4.42. The van der Waals surface area contributed by atoms with Gasteiger partial charge in [-0.05, 0) is 25.1 Å². The fourth-order valence-corrected chi connectivity index (χ4v) is 5.10. The van der Waals surface area contributed by atoms with Crippen molar-refractivity contribution in [2.75, 3.05) is 18.9 Å². The minimum atomic E-state index is -4.04. The van der Waals surface area contributed by atoms with Gasteiger partial charge >= 0.3 is 0 Å². The first-order valence-corrected chi connectivity index (χ1v) is 13.4. The molecule has 0 aliphatic carbocycles. The monoisotopic (exact) mass is 559 g/mol. The Morgan fingerprint density at radius 2 is 1.66 bits per heavy atom. The molecule has 1 N–H and O–H groups in total. The number of nitrogens with one attached hydrogen (secondary N) is 1. The number of nitrogens with zero attached hydrogens (tertiary/aromatic N) is 6. The molecule has 0 aliphatic rings. The highest BCUT2D eigenvalue weighted by Gasteiger charge is 2.32. The number of pyridine rings is 1. The molecule has 3 aromatic heterocycles. The van der Waals surface area contributed by atoms with Crippen LogP contribution in [-0.4, -0.2) is 57.2 Å². The van der Waals surface area contributed by atoms with Crippen molar-refractivity contribution in [2.24, 2.45) is 0 Å². The first-order valence-electron chi connectivity index (χ1n) is 11.5. The summed E-state index contributed by atoms with van der Waals surface area (Å²) in [5.74, 6) is 0.654. The molecular formula is C24H26ClN7O5S. The standard InChI is InChI=1S/C24H26ClN7O5S/c1-15(23-26-12-17(25)13-27-23)16(2)38(34,35)30-24-29-28-20(14-31-11-6-5-10-21(31)33)32(24)22-18(36-3)8-7-9-19(22)37-4/h5-13,15-16H,14H2,1-4H3,(H,29,30). The topological polar surface area (TPSA) is 143 Å². The predicted octanol–water partition coefficient (Wildman–Crippen LogP) is 2.87. The first kappa shape index (κ1) is 27.1. The largest absolute Gasteiger partial charge is 0.494 e. The van der Waals surface area contributed by atoms with Crippen LogP contribution in [0.15, 0.2) is 59.8 Å². The Morgan fingerprint density at radius 1 is 1.00 bits per heavy atom. The minimum absolute atomic E-state index is 0.000173. The Labute approximate surface area is 224 Å². The number of halogens is 1. The summed E-state index contributed by atoms with van der Waals surface area (Å²) < 4.78 is 43.5. The average Bonchev–Trinajstić information content (AvgIpc) is 3.29. The van der Waals surface area contributed by atoms with Crippen LogP contribution in [-0.2, 0) is 16.6 Å². The Balaban J connectivity index is 1.80. The van der Waals surface area contributed by atoms with E-state index < -0.39 is 21.2 Å². The molecule has 0 amide bonds. The van der Waals surface area contributed by atoms with Gasteiger partial charge in [-0.25, -0.2) is 18.4 Å². The number of hydrogen-bond donors (Lipinski definition) is 1. The van der Waals surface area contributed by atoms with Gasteiger partial charge in [0, 0.05) is 30.6 Å². The van der Waals surface area contributed by atoms with Gasteiger partial charge in [0.2, 0.25) is 16.0 Å². The number of methoxy groups -OCH3 is 2. The van der Waals surface area contributed by atoms with Crippen molar-refractivity contribution in [2.45, 2.75) is 31.6 Å². The second-order valence-corrected chi connectivity index (χ2v) is 10.8. The van der Waals surface area contributed by atoms with Crippen LogP contribution < -0.4 is 19.8 Å². The third kappa shape index (κ3) is 5.48. The Hall–Kier alpha value is -3.97. The van der Waals surface area contributed by atoms with Crippen molar-refractivity contribution in [3.63, 3.8) is 0 Å². The lowest BCUT2D eigenvalue weighted by Gasteiger charge is -2.21. The molecule has 3 heterocycles. The van der Waals surface area contributed by atoms with E-state index in [0.29, 0.717) is 28.0 Å². The number of aromatic nitrogens is 6. The second kappa shape index (κ2) is 11.2. The van der Waals surface area contributed by atoms with Gasteiger partial charge in [-0.3, -0.25) is 14.1 Å². The fraction of sp³-hybridized carbons (Fsp3) is 0.292. The molecule has 0 aliphatic heterocycles. The summed E-state index contributed by atoms with van der Waals surface area (Å²) in [6, 6.07) is 9.85. The summed E-state index contributed by atoms with van der Waals surface area (Å²) in [5.41, 5.74) is 0.0995. The normalized spacial score (nSPS) is 13.1. The number of anilines is 1. The molecule has 4 aromatic rings. The maximum absolute atomic E-state index is 13.5. The van der Waals surface area contributed by atoms with Crippen LogP contribution in [0.3, 0.4) is 0 Å². The SMILES string of the molecule is COc1cccc(OC)c1-n1c(Cn2ccccc2=O)nnc1NS(=O)(=O)C(C)C(C)c1ncc(Cl)cn1. The third-order valence-electron chi connectivity index (χ3n) is 6.04. The molecule has 38 heavy (non-hydrogen) atoms. The number of benzene rings is 1. The van der Waals surface area contributed by atoms with E-state index >= 15 is 0 Å². The molecule has 4 rings (SSSR count). The fourth-order valence-electron chi connectivity index (χ4n) is 3.77. The van der Waals surface area contributed by atoms with Gasteiger partial charge in [-0.2, -0.15) is 0 Å². The second-order valence-electron chi connectivity index (χ2n) is 8.35. The number of rotatable bonds is 10. The van der Waals surface area contributed by atoms with Crippen molar-refractivity contribution in [3.8, 4) is 17.2 Å². The van der Waals surface area contributed by atoms with Crippen molar-refractivity contribution in [1.29, 1.82) is 0 Å². The zero-order valence-electron chi connectivity index (χ0n) is 21.1. The van der Waals surface area contributed by atoms with Crippen LogP contribution in [0.1, 0.15) is 31.4 Å². The Morgan fingerprint density at radius 3 is 2.26 bits per heavy atom. The lowest BCUT2D eigenvalue weighted by Crippen LogP contribution is -2.31. The molecule has 2 unspecified atom stereocenters. The molecule has 0 saturated heterocycles. The lowest BCUT2D eigenvalue weighted by molar-refractivity contribution is 0.390. The first-order chi connectivity index (χ1) is 18.2. The summed E-state index contributed by atoms with van der Waals surface area (Å²) in [7, 11) is -1.09. The van der Waals surface area contributed by atoms with Crippen LogP contribution in [0.25, 0.3) is 5.69 Å². The maximum atomic E-state index is 13.5. The molecule has 12 nitrogen and oxygen atoms in total. The zero-order chi connectivity index (χ0) is 27.4. The molecule has 200 valence electrons. The van der Waals surface area contributed by atoms with Crippen LogP contribution in [0.2, 0.25) is 5.02 Å².